The molecule has 14 heavy (non-hydrogen) atoms. The fourth-order valence-electron chi connectivity index (χ4n) is 1.17. The van der Waals surface area contributed by atoms with Gasteiger partial charge in [-0.05, 0) is 18.2 Å². The molecule has 1 heterocycles. The molecule has 0 aliphatic rings. The van der Waals surface area contributed by atoms with Gasteiger partial charge in [-0.3, -0.25) is 4.98 Å². The van der Waals surface area contributed by atoms with Gasteiger partial charge in [0.15, 0.2) is 0 Å². The topological polar surface area (TPSA) is 24.9 Å². The first kappa shape index (κ1) is 9.03. The average molecular weight is 205 g/mol. The molecule has 0 aliphatic carbocycles. The smallest absolute Gasteiger partial charge is 0.0609 e. The fraction of sp³-hybridized carbons (Fsp3) is 0. The van der Waals surface area contributed by atoms with Crippen LogP contribution in [0.4, 0.5) is 11.4 Å². The Balaban J connectivity index is 2.19. The largest absolute Gasteiger partial charge is 0.354 e. The molecule has 0 saturated carbocycles. The standard InChI is InChI=1S/C11H9ClN2/c12-9-6-11(8-13-7-9)14-10-4-2-1-3-5-10/h1-8,14H. The van der Waals surface area contributed by atoms with E-state index < -0.39 is 0 Å². The number of pyridine rings is 1. The molecule has 1 aromatic heterocycles. The molecule has 0 amide bonds. The van der Waals surface area contributed by atoms with Gasteiger partial charge in [-0.25, -0.2) is 0 Å². The third-order valence-electron chi connectivity index (χ3n) is 1.77. The number of benzene rings is 1. The molecular formula is C11H9ClN2. The van der Waals surface area contributed by atoms with E-state index in [4.69, 9.17) is 11.6 Å². The molecule has 0 spiro atoms. The Morgan fingerprint density at radius 1 is 1.00 bits per heavy atom. The molecule has 2 nitrogen and oxygen atoms in total. The molecule has 0 fully saturated rings. The molecule has 0 atom stereocenters. The van der Waals surface area contributed by atoms with E-state index in [9.17, 15) is 0 Å². The van der Waals surface area contributed by atoms with Crippen molar-refractivity contribution in [3.63, 3.8) is 0 Å². The van der Waals surface area contributed by atoms with E-state index in [-0.39, 0.29) is 0 Å². The zero-order valence-corrected chi connectivity index (χ0v) is 8.20. The second kappa shape index (κ2) is 4.11. The van der Waals surface area contributed by atoms with Crippen LogP contribution >= 0.6 is 11.6 Å². The quantitative estimate of drug-likeness (QED) is 0.810. The molecule has 70 valence electrons. The zero-order valence-electron chi connectivity index (χ0n) is 7.44. The van der Waals surface area contributed by atoms with Crippen LogP contribution in [0.2, 0.25) is 5.02 Å². The van der Waals surface area contributed by atoms with Crippen LogP contribution in [-0.4, -0.2) is 4.98 Å². The van der Waals surface area contributed by atoms with E-state index in [2.05, 4.69) is 10.3 Å². The molecular weight excluding hydrogens is 196 g/mol. The molecule has 3 heteroatoms. The number of rotatable bonds is 2. The van der Waals surface area contributed by atoms with Gasteiger partial charge in [0.25, 0.3) is 0 Å². The molecule has 0 bridgehead atoms. The van der Waals surface area contributed by atoms with Gasteiger partial charge in [0.05, 0.1) is 16.9 Å². The van der Waals surface area contributed by atoms with Crippen molar-refractivity contribution in [2.45, 2.75) is 0 Å². The summed E-state index contributed by atoms with van der Waals surface area (Å²) in [5.74, 6) is 0. The highest BCUT2D eigenvalue weighted by Crippen LogP contribution is 2.17. The maximum Gasteiger partial charge on any atom is 0.0609 e. The lowest BCUT2D eigenvalue weighted by molar-refractivity contribution is 1.32. The number of hydrogen-bond acceptors (Lipinski definition) is 2. The van der Waals surface area contributed by atoms with Crippen molar-refractivity contribution in [2.24, 2.45) is 0 Å². The van der Waals surface area contributed by atoms with Crippen LogP contribution in [0, 0.1) is 0 Å². The van der Waals surface area contributed by atoms with Crippen LogP contribution in [0.15, 0.2) is 48.8 Å². The second-order valence-electron chi connectivity index (χ2n) is 2.88. The Labute approximate surface area is 87.6 Å². The Kier molecular flexibility index (Phi) is 2.65. The lowest BCUT2D eigenvalue weighted by Crippen LogP contribution is -1.89. The van der Waals surface area contributed by atoms with Crippen LogP contribution in [-0.2, 0) is 0 Å². The predicted molar refractivity (Wildman–Crippen MR) is 59.0 cm³/mol. The summed E-state index contributed by atoms with van der Waals surface area (Å²) in [6.45, 7) is 0. The molecule has 2 rings (SSSR count). The molecule has 1 N–H and O–H groups in total. The Morgan fingerprint density at radius 2 is 1.79 bits per heavy atom. The number of aromatic nitrogens is 1. The number of para-hydroxylation sites is 1. The van der Waals surface area contributed by atoms with Crippen LogP contribution < -0.4 is 5.32 Å². The van der Waals surface area contributed by atoms with Gasteiger partial charge in [0.1, 0.15) is 0 Å². The van der Waals surface area contributed by atoms with Gasteiger partial charge in [-0.15, -0.1) is 0 Å². The van der Waals surface area contributed by atoms with Gasteiger partial charge in [0, 0.05) is 11.9 Å². The first-order chi connectivity index (χ1) is 6.84. The van der Waals surface area contributed by atoms with E-state index in [1.807, 2.05) is 36.4 Å². The van der Waals surface area contributed by atoms with Crippen LogP contribution in [0.5, 0.6) is 0 Å². The molecule has 0 saturated heterocycles. The first-order valence-corrected chi connectivity index (χ1v) is 4.65. The fourth-order valence-corrected chi connectivity index (χ4v) is 1.34. The molecule has 0 radical (unpaired) electrons. The highest BCUT2D eigenvalue weighted by molar-refractivity contribution is 6.30. The van der Waals surface area contributed by atoms with E-state index in [1.165, 1.54) is 0 Å². The summed E-state index contributed by atoms with van der Waals surface area (Å²) in [5, 5.41) is 3.83. The number of anilines is 2. The van der Waals surface area contributed by atoms with Crippen LogP contribution in [0.1, 0.15) is 0 Å². The van der Waals surface area contributed by atoms with E-state index in [0.29, 0.717) is 5.02 Å². The number of nitrogens with zero attached hydrogens (tertiary/aromatic N) is 1. The van der Waals surface area contributed by atoms with E-state index >= 15 is 0 Å². The molecule has 2 aromatic rings. The number of hydrogen-bond donors (Lipinski definition) is 1. The normalized spacial score (nSPS) is 9.79. The number of nitrogens with one attached hydrogen (secondary N) is 1. The third-order valence-corrected chi connectivity index (χ3v) is 1.97. The Hall–Kier alpha value is -1.54. The van der Waals surface area contributed by atoms with Crippen molar-refractivity contribution in [3.05, 3.63) is 53.8 Å². The van der Waals surface area contributed by atoms with Crippen molar-refractivity contribution in [3.8, 4) is 0 Å². The molecule has 0 unspecified atom stereocenters. The number of halogens is 1. The Bertz CT molecular complexity index is 415. The van der Waals surface area contributed by atoms with Crippen molar-refractivity contribution < 1.29 is 0 Å². The van der Waals surface area contributed by atoms with Gasteiger partial charge in [-0.1, -0.05) is 29.8 Å². The maximum absolute atomic E-state index is 5.81. The SMILES string of the molecule is Clc1cncc(Nc2ccccc2)c1. The lowest BCUT2D eigenvalue weighted by Gasteiger charge is -2.04. The first-order valence-electron chi connectivity index (χ1n) is 4.27. The summed E-state index contributed by atoms with van der Waals surface area (Å²) in [6.07, 6.45) is 3.34. The third kappa shape index (κ3) is 2.24. The van der Waals surface area contributed by atoms with Gasteiger partial charge in [0.2, 0.25) is 0 Å². The summed E-state index contributed by atoms with van der Waals surface area (Å²) in [4.78, 5) is 3.99. The highest BCUT2D eigenvalue weighted by atomic mass is 35.5. The molecule has 0 aliphatic heterocycles. The minimum Gasteiger partial charge on any atom is -0.354 e. The van der Waals surface area contributed by atoms with Crippen molar-refractivity contribution in [1.82, 2.24) is 4.98 Å². The van der Waals surface area contributed by atoms with Gasteiger partial charge >= 0.3 is 0 Å². The summed E-state index contributed by atoms with van der Waals surface area (Å²) >= 11 is 5.81. The van der Waals surface area contributed by atoms with Crippen molar-refractivity contribution in [1.29, 1.82) is 0 Å². The predicted octanol–water partition coefficient (Wildman–Crippen LogP) is 3.48. The summed E-state index contributed by atoms with van der Waals surface area (Å²) in [7, 11) is 0. The highest BCUT2D eigenvalue weighted by Gasteiger charge is 1.94. The Morgan fingerprint density at radius 3 is 2.50 bits per heavy atom. The maximum atomic E-state index is 5.81. The van der Waals surface area contributed by atoms with Gasteiger partial charge < -0.3 is 5.32 Å². The van der Waals surface area contributed by atoms with E-state index in [0.717, 1.165) is 11.4 Å². The van der Waals surface area contributed by atoms with Gasteiger partial charge in [-0.2, -0.15) is 0 Å². The average Bonchev–Trinajstić information content (AvgIpc) is 2.19. The second-order valence-corrected chi connectivity index (χ2v) is 3.32. The lowest BCUT2D eigenvalue weighted by atomic mass is 10.3. The minimum absolute atomic E-state index is 0.630. The van der Waals surface area contributed by atoms with E-state index in [1.54, 1.807) is 12.4 Å². The monoisotopic (exact) mass is 204 g/mol. The van der Waals surface area contributed by atoms with Crippen molar-refractivity contribution >= 4 is 23.0 Å². The zero-order chi connectivity index (χ0) is 9.80. The molecule has 1 aromatic carbocycles. The van der Waals surface area contributed by atoms with Crippen molar-refractivity contribution in [2.75, 3.05) is 5.32 Å². The minimum atomic E-state index is 0.630. The van der Waals surface area contributed by atoms with Crippen LogP contribution in [0.25, 0.3) is 0 Å². The summed E-state index contributed by atoms with van der Waals surface area (Å²) in [5.41, 5.74) is 1.92. The summed E-state index contributed by atoms with van der Waals surface area (Å²) in [6, 6.07) is 11.7. The summed E-state index contributed by atoms with van der Waals surface area (Å²) < 4.78 is 0. The van der Waals surface area contributed by atoms with Crippen LogP contribution in [0.3, 0.4) is 0 Å².